The molecule has 0 aliphatic carbocycles. The standard InChI is InChI=1S/C21H26N2O4/c1-16(24)23(12-11-17-7-5-4-6-8-17)15-21(25)22-14-18-9-10-19(26-2)20(13-18)27-3/h4-10,13H,11-12,14-15H2,1-3H3,(H,22,25). The van der Waals surface area contributed by atoms with E-state index in [1.807, 2.05) is 42.5 Å². The second-order valence-electron chi connectivity index (χ2n) is 6.14. The van der Waals surface area contributed by atoms with Gasteiger partial charge in [0.2, 0.25) is 11.8 Å². The van der Waals surface area contributed by atoms with Gasteiger partial charge in [0.1, 0.15) is 0 Å². The predicted molar refractivity (Wildman–Crippen MR) is 104 cm³/mol. The first-order chi connectivity index (χ1) is 13.0. The van der Waals surface area contributed by atoms with Crippen molar-refractivity contribution in [1.82, 2.24) is 10.2 Å². The molecule has 0 unspecified atom stereocenters. The lowest BCUT2D eigenvalue weighted by atomic mass is 10.1. The average molecular weight is 370 g/mol. The Bertz CT molecular complexity index is 762. The molecule has 0 saturated heterocycles. The van der Waals surface area contributed by atoms with E-state index >= 15 is 0 Å². The van der Waals surface area contributed by atoms with Crippen LogP contribution < -0.4 is 14.8 Å². The first-order valence-electron chi connectivity index (χ1n) is 8.80. The van der Waals surface area contributed by atoms with Gasteiger partial charge in [-0.2, -0.15) is 0 Å². The predicted octanol–water partition coefficient (Wildman–Crippen LogP) is 2.41. The maximum absolute atomic E-state index is 12.3. The molecule has 2 rings (SSSR count). The molecular formula is C21H26N2O4. The van der Waals surface area contributed by atoms with E-state index in [1.165, 1.54) is 6.92 Å². The Morgan fingerprint density at radius 1 is 0.963 bits per heavy atom. The summed E-state index contributed by atoms with van der Waals surface area (Å²) in [5.74, 6) is 0.925. The van der Waals surface area contributed by atoms with E-state index in [0.29, 0.717) is 31.0 Å². The molecule has 0 aliphatic heterocycles. The lowest BCUT2D eigenvalue weighted by Gasteiger charge is -2.20. The number of benzene rings is 2. The summed E-state index contributed by atoms with van der Waals surface area (Å²) < 4.78 is 10.5. The molecule has 2 amide bonds. The number of ether oxygens (including phenoxy) is 2. The third-order valence-corrected chi connectivity index (χ3v) is 4.23. The summed E-state index contributed by atoms with van der Waals surface area (Å²) in [7, 11) is 3.14. The molecule has 6 nitrogen and oxygen atoms in total. The van der Waals surface area contributed by atoms with Crippen LogP contribution in [0, 0.1) is 0 Å². The molecule has 0 bridgehead atoms. The van der Waals surface area contributed by atoms with Gasteiger partial charge in [-0.15, -0.1) is 0 Å². The maximum Gasteiger partial charge on any atom is 0.239 e. The largest absolute Gasteiger partial charge is 0.493 e. The number of carbonyl (C=O) groups is 2. The zero-order chi connectivity index (χ0) is 19.6. The lowest BCUT2D eigenvalue weighted by molar-refractivity contribution is -0.134. The highest BCUT2D eigenvalue weighted by molar-refractivity contribution is 5.83. The number of hydrogen-bond donors (Lipinski definition) is 1. The van der Waals surface area contributed by atoms with Gasteiger partial charge in [-0.3, -0.25) is 9.59 Å². The minimum absolute atomic E-state index is 0.0372. The second kappa shape index (κ2) is 10.2. The molecule has 1 N–H and O–H groups in total. The zero-order valence-corrected chi connectivity index (χ0v) is 16.0. The zero-order valence-electron chi connectivity index (χ0n) is 16.0. The molecule has 0 fully saturated rings. The summed E-state index contributed by atoms with van der Waals surface area (Å²) in [6.45, 7) is 2.37. The van der Waals surface area contributed by atoms with Crippen LogP contribution in [0.15, 0.2) is 48.5 Å². The number of nitrogens with one attached hydrogen (secondary N) is 1. The molecule has 2 aromatic rings. The van der Waals surface area contributed by atoms with Gasteiger partial charge < -0.3 is 19.7 Å². The quantitative estimate of drug-likeness (QED) is 0.736. The number of nitrogens with zero attached hydrogens (tertiary/aromatic N) is 1. The molecule has 0 heterocycles. The fourth-order valence-corrected chi connectivity index (χ4v) is 2.68. The molecular weight excluding hydrogens is 344 g/mol. The van der Waals surface area contributed by atoms with E-state index in [2.05, 4.69) is 5.32 Å². The van der Waals surface area contributed by atoms with Gasteiger partial charge >= 0.3 is 0 Å². The van der Waals surface area contributed by atoms with Crippen LogP contribution in [0.3, 0.4) is 0 Å². The summed E-state index contributed by atoms with van der Waals surface area (Å²) in [5, 5.41) is 2.84. The molecule has 0 saturated carbocycles. The summed E-state index contributed by atoms with van der Waals surface area (Å²) in [6, 6.07) is 15.4. The van der Waals surface area contributed by atoms with Crippen molar-refractivity contribution >= 4 is 11.8 Å². The van der Waals surface area contributed by atoms with Crippen LogP contribution in [0.2, 0.25) is 0 Å². The van der Waals surface area contributed by atoms with E-state index in [-0.39, 0.29) is 18.4 Å². The van der Waals surface area contributed by atoms with Crippen LogP contribution in [0.1, 0.15) is 18.1 Å². The molecule has 0 aromatic heterocycles. The van der Waals surface area contributed by atoms with Crippen molar-refractivity contribution in [3.05, 3.63) is 59.7 Å². The first-order valence-corrected chi connectivity index (χ1v) is 8.80. The normalized spacial score (nSPS) is 10.2. The van der Waals surface area contributed by atoms with Gasteiger partial charge in [0.15, 0.2) is 11.5 Å². The SMILES string of the molecule is COc1ccc(CNC(=O)CN(CCc2ccccc2)C(C)=O)cc1OC. The molecule has 27 heavy (non-hydrogen) atoms. The van der Waals surface area contributed by atoms with Crippen molar-refractivity contribution in [1.29, 1.82) is 0 Å². The van der Waals surface area contributed by atoms with E-state index in [1.54, 1.807) is 25.2 Å². The van der Waals surface area contributed by atoms with Gasteiger partial charge in [-0.25, -0.2) is 0 Å². The Morgan fingerprint density at radius 3 is 2.30 bits per heavy atom. The summed E-state index contributed by atoms with van der Waals surface area (Å²) in [5.41, 5.74) is 2.02. The number of rotatable bonds is 9. The minimum Gasteiger partial charge on any atom is -0.493 e. The first kappa shape index (κ1) is 20.3. The molecule has 0 atom stereocenters. The van der Waals surface area contributed by atoms with E-state index in [0.717, 1.165) is 11.1 Å². The Hall–Kier alpha value is -3.02. The van der Waals surface area contributed by atoms with Crippen molar-refractivity contribution in [3.8, 4) is 11.5 Å². The maximum atomic E-state index is 12.3. The molecule has 0 radical (unpaired) electrons. The van der Waals surface area contributed by atoms with Gasteiger partial charge in [0.25, 0.3) is 0 Å². The summed E-state index contributed by atoms with van der Waals surface area (Å²) in [6.07, 6.45) is 0.712. The second-order valence-corrected chi connectivity index (χ2v) is 6.14. The summed E-state index contributed by atoms with van der Waals surface area (Å²) >= 11 is 0. The fraction of sp³-hybridized carbons (Fsp3) is 0.333. The molecule has 144 valence electrons. The van der Waals surface area contributed by atoms with Crippen LogP contribution in [0.5, 0.6) is 11.5 Å². The number of hydrogen-bond acceptors (Lipinski definition) is 4. The van der Waals surface area contributed by atoms with Crippen LogP contribution in [0.4, 0.5) is 0 Å². The van der Waals surface area contributed by atoms with Crippen LogP contribution >= 0.6 is 0 Å². The number of methoxy groups -OCH3 is 2. The third kappa shape index (κ3) is 6.33. The van der Waals surface area contributed by atoms with Crippen molar-refractivity contribution in [2.45, 2.75) is 19.9 Å². The van der Waals surface area contributed by atoms with Crippen molar-refractivity contribution < 1.29 is 19.1 Å². The molecule has 2 aromatic carbocycles. The van der Waals surface area contributed by atoms with E-state index in [4.69, 9.17) is 9.47 Å². The molecule has 6 heteroatoms. The van der Waals surface area contributed by atoms with Crippen LogP contribution in [-0.4, -0.2) is 44.0 Å². The van der Waals surface area contributed by atoms with Crippen molar-refractivity contribution in [2.75, 3.05) is 27.3 Å². The highest BCUT2D eigenvalue weighted by atomic mass is 16.5. The van der Waals surface area contributed by atoms with E-state index in [9.17, 15) is 9.59 Å². The molecule has 0 aliphatic rings. The van der Waals surface area contributed by atoms with E-state index < -0.39 is 0 Å². The average Bonchev–Trinajstić information content (AvgIpc) is 2.69. The van der Waals surface area contributed by atoms with Crippen LogP contribution in [0.25, 0.3) is 0 Å². The fourth-order valence-electron chi connectivity index (χ4n) is 2.68. The topological polar surface area (TPSA) is 67.9 Å². The van der Waals surface area contributed by atoms with Gasteiger partial charge in [-0.1, -0.05) is 36.4 Å². The number of carbonyl (C=O) groups excluding carboxylic acids is 2. The Morgan fingerprint density at radius 2 is 1.67 bits per heavy atom. The monoisotopic (exact) mass is 370 g/mol. The number of amides is 2. The smallest absolute Gasteiger partial charge is 0.239 e. The molecule has 0 spiro atoms. The third-order valence-electron chi connectivity index (χ3n) is 4.23. The summed E-state index contributed by atoms with van der Waals surface area (Å²) in [4.78, 5) is 25.7. The van der Waals surface area contributed by atoms with Gasteiger partial charge in [0, 0.05) is 20.0 Å². The minimum atomic E-state index is -0.201. The Balaban J connectivity index is 1.87. The lowest BCUT2D eigenvalue weighted by Crippen LogP contribution is -2.40. The van der Waals surface area contributed by atoms with Gasteiger partial charge in [0.05, 0.1) is 20.8 Å². The highest BCUT2D eigenvalue weighted by Gasteiger charge is 2.14. The van der Waals surface area contributed by atoms with Crippen LogP contribution in [-0.2, 0) is 22.6 Å². The van der Waals surface area contributed by atoms with Crippen molar-refractivity contribution in [3.63, 3.8) is 0 Å². The Kier molecular flexibility index (Phi) is 7.67. The highest BCUT2D eigenvalue weighted by Crippen LogP contribution is 2.27. The Labute approximate surface area is 160 Å². The van der Waals surface area contributed by atoms with Crippen molar-refractivity contribution in [2.24, 2.45) is 0 Å². The van der Waals surface area contributed by atoms with Gasteiger partial charge in [-0.05, 0) is 29.7 Å².